The molecule has 0 unspecified atom stereocenters. The van der Waals surface area contributed by atoms with E-state index in [4.69, 9.17) is 6.42 Å². The summed E-state index contributed by atoms with van der Waals surface area (Å²) in [5, 5.41) is 9.58. The molecule has 0 saturated carbocycles. The Hall–Kier alpha value is -0.660. The van der Waals surface area contributed by atoms with Gasteiger partial charge < -0.3 is 10.0 Å². The second-order valence-corrected chi connectivity index (χ2v) is 3.00. The number of carbonyl (C=O) groups is 1. The maximum absolute atomic E-state index is 11.2. The highest BCUT2D eigenvalue weighted by Crippen LogP contribution is 2.26. The van der Waals surface area contributed by atoms with Crippen LogP contribution in [0.5, 0.6) is 0 Å². The van der Waals surface area contributed by atoms with Crippen LogP contribution in [0.15, 0.2) is 0 Å². The number of rotatable bonds is 0. The number of amides is 1. The van der Waals surface area contributed by atoms with Crippen molar-refractivity contribution in [3.05, 3.63) is 0 Å². The van der Waals surface area contributed by atoms with E-state index in [1.165, 1.54) is 4.90 Å². The Bertz CT molecular complexity index is 236. The fourth-order valence-electron chi connectivity index (χ4n) is 1.33. The Labute approximate surface area is 86.6 Å². The summed E-state index contributed by atoms with van der Waals surface area (Å²) in [4.78, 5) is 12.7. The molecule has 1 N–H and O–H groups in total. The van der Waals surface area contributed by atoms with E-state index in [1.807, 2.05) is 0 Å². The lowest BCUT2D eigenvalue weighted by molar-refractivity contribution is -0.138. The van der Waals surface area contributed by atoms with Crippen LogP contribution in [0.1, 0.15) is 14.4 Å². The van der Waals surface area contributed by atoms with Gasteiger partial charge in [0.25, 0.3) is 5.91 Å². The zero-order valence-electron chi connectivity index (χ0n) is 7.16. The summed E-state index contributed by atoms with van der Waals surface area (Å²) >= 11 is 0. The van der Waals surface area contributed by atoms with Gasteiger partial charge in [-0.1, -0.05) is 20.3 Å². The zero-order chi connectivity index (χ0) is 8.65. The quantitative estimate of drug-likeness (QED) is 0.572. The number of likely N-dealkylation sites (tertiary alicyclic amines) is 1. The summed E-state index contributed by atoms with van der Waals surface area (Å²) in [5.74, 6) is 1.59. The maximum Gasteiger partial charge on any atom is 0.267 e. The van der Waals surface area contributed by atoms with Crippen molar-refractivity contribution in [3.8, 4) is 12.3 Å². The lowest BCUT2D eigenvalue weighted by Crippen LogP contribution is -2.40. The van der Waals surface area contributed by atoms with Crippen molar-refractivity contribution in [1.82, 2.24) is 4.90 Å². The Morgan fingerprint density at radius 3 is 2.38 bits per heavy atom. The molecule has 0 aliphatic carbocycles. The average molecular weight is 203 g/mol. The van der Waals surface area contributed by atoms with Crippen molar-refractivity contribution < 1.29 is 9.90 Å². The van der Waals surface area contributed by atoms with Crippen molar-refractivity contribution in [3.63, 3.8) is 0 Å². The fraction of sp³-hybridized carbons (Fsp3) is 0.667. The molecule has 3 nitrogen and oxygen atoms in total. The van der Waals surface area contributed by atoms with Crippen molar-refractivity contribution >= 4 is 19.4 Å². The smallest absolute Gasteiger partial charge is 0.267 e. The molecule has 1 amide bonds. The third-order valence-corrected chi connectivity index (χ3v) is 2.15. The average Bonchev–Trinajstić information content (AvgIpc) is 2.16. The summed E-state index contributed by atoms with van der Waals surface area (Å²) < 4.78 is 0. The molecule has 0 aromatic carbocycles. The Morgan fingerprint density at radius 1 is 1.77 bits per heavy atom. The standard InChI is InChI=1S/C8H11NO2.CH4.H2S/c1-4-8(11)6(2)5-9(3)7(8)10;;/h1,6,11H,5H2,2-3H3;1H4;1H2/t6-,8+;;/m0../s1. The highest BCUT2D eigenvalue weighted by Gasteiger charge is 2.48. The molecule has 0 bridgehead atoms. The molecule has 1 saturated heterocycles. The third-order valence-electron chi connectivity index (χ3n) is 2.15. The summed E-state index contributed by atoms with van der Waals surface area (Å²) in [7, 11) is 1.63. The monoisotopic (exact) mass is 203 g/mol. The second kappa shape index (κ2) is 4.54. The van der Waals surface area contributed by atoms with Crippen molar-refractivity contribution in [2.75, 3.05) is 13.6 Å². The van der Waals surface area contributed by atoms with Crippen molar-refractivity contribution in [2.45, 2.75) is 20.0 Å². The zero-order valence-corrected chi connectivity index (χ0v) is 8.16. The van der Waals surface area contributed by atoms with Crippen LogP contribution in [0.2, 0.25) is 0 Å². The minimum Gasteiger partial charge on any atom is -0.369 e. The van der Waals surface area contributed by atoms with E-state index in [1.54, 1.807) is 14.0 Å². The molecule has 2 atom stereocenters. The van der Waals surface area contributed by atoms with Gasteiger partial charge in [-0.25, -0.2) is 0 Å². The SMILES string of the molecule is C.C#C[C@]1(O)C(=O)N(C)C[C@@H]1C.S. The molecule has 0 aromatic rings. The first-order valence-corrected chi connectivity index (χ1v) is 3.48. The van der Waals surface area contributed by atoms with Crippen LogP contribution in [0.4, 0.5) is 0 Å². The number of hydrogen-bond acceptors (Lipinski definition) is 2. The first kappa shape index (κ1) is 14.8. The van der Waals surface area contributed by atoms with Crippen molar-refractivity contribution in [2.24, 2.45) is 5.92 Å². The van der Waals surface area contributed by atoms with Crippen LogP contribution in [-0.4, -0.2) is 35.1 Å². The highest BCUT2D eigenvalue weighted by molar-refractivity contribution is 7.59. The number of likely N-dealkylation sites (N-methyl/N-ethyl adjacent to an activating group) is 1. The van der Waals surface area contributed by atoms with Crippen LogP contribution in [0, 0.1) is 18.3 Å². The minimum atomic E-state index is -1.56. The molecule has 76 valence electrons. The lowest BCUT2D eigenvalue weighted by atomic mass is 9.93. The van der Waals surface area contributed by atoms with Gasteiger partial charge in [-0.3, -0.25) is 4.79 Å². The molecule has 1 fully saturated rings. The van der Waals surface area contributed by atoms with Crippen LogP contribution in [0.25, 0.3) is 0 Å². The molecular weight excluding hydrogens is 186 g/mol. The molecule has 4 heteroatoms. The number of terminal acetylenes is 1. The molecule has 1 heterocycles. The first-order valence-electron chi connectivity index (χ1n) is 3.48. The first-order chi connectivity index (χ1) is 5.02. The predicted octanol–water partition coefficient (Wildman–Crippen LogP) is 0.208. The Balaban J connectivity index is 0. The van der Waals surface area contributed by atoms with E-state index in [0.29, 0.717) is 6.54 Å². The maximum atomic E-state index is 11.2. The molecular formula is C9H17NO2S. The van der Waals surface area contributed by atoms with E-state index >= 15 is 0 Å². The lowest BCUT2D eigenvalue weighted by Gasteiger charge is -2.16. The van der Waals surface area contributed by atoms with Gasteiger partial charge in [0.05, 0.1) is 0 Å². The third kappa shape index (κ3) is 1.98. The molecule has 1 aliphatic rings. The molecule has 13 heavy (non-hydrogen) atoms. The number of carbonyl (C=O) groups excluding carboxylic acids is 1. The van der Waals surface area contributed by atoms with Gasteiger partial charge in [0.2, 0.25) is 5.60 Å². The summed E-state index contributed by atoms with van der Waals surface area (Å²) in [5.41, 5.74) is -1.56. The van der Waals surface area contributed by atoms with E-state index < -0.39 is 5.60 Å². The van der Waals surface area contributed by atoms with Crippen LogP contribution >= 0.6 is 13.5 Å². The fourth-order valence-corrected chi connectivity index (χ4v) is 1.33. The van der Waals surface area contributed by atoms with E-state index in [-0.39, 0.29) is 32.7 Å². The van der Waals surface area contributed by atoms with Gasteiger partial charge in [0, 0.05) is 19.5 Å². The highest BCUT2D eigenvalue weighted by atomic mass is 32.1. The molecule has 1 rings (SSSR count). The van der Waals surface area contributed by atoms with Gasteiger partial charge in [0.15, 0.2) is 0 Å². The van der Waals surface area contributed by atoms with Gasteiger partial charge in [0.1, 0.15) is 0 Å². The van der Waals surface area contributed by atoms with Crippen LogP contribution in [-0.2, 0) is 4.79 Å². The normalized spacial score (nSPS) is 31.7. The van der Waals surface area contributed by atoms with E-state index in [2.05, 4.69) is 5.92 Å². The molecule has 1 aliphatic heterocycles. The van der Waals surface area contributed by atoms with Gasteiger partial charge >= 0.3 is 0 Å². The second-order valence-electron chi connectivity index (χ2n) is 3.00. The largest absolute Gasteiger partial charge is 0.369 e. The van der Waals surface area contributed by atoms with Crippen LogP contribution in [0.3, 0.4) is 0 Å². The predicted molar refractivity (Wildman–Crippen MR) is 57.7 cm³/mol. The van der Waals surface area contributed by atoms with Gasteiger partial charge in [-0.15, -0.1) is 6.42 Å². The minimum absolute atomic E-state index is 0. The number of aliphatic hydroxyl groups is 1. The summed E-state index contributed by atoms with van der Waals surface area (Å²) in [6, 6.07) is 0. The van der Waals surface area contributed by atoms with Gasteiger partial charge in [-0.05, 0) is 0 Å². The van der Waals surface area contributed by atoms with E-state index in [9.17, 15) is 9.90 Å². The molecule has 0 spiro atoms. The number of nitrogens with zero attached hydrogens (tertiary/aromatic N) is 1. The number of hydrogen-bond donors (Lipinski definition) is 1. The van der Waals surface area contributed by atoms with Crippen LogP contribution < -0.4 is 0 Å². The topological polar surface area (TPSA) is 40.5 Å². The van der Waals surface area contributed by atoms with Gasteiger partial charge in [-0.2, -0.15) is 13.5 Å². The molecule has 0 radical (unpaired) electrons. The van der Waals surface area contributed by atoms with Crippen molar-refractivity contribution in [1.29, 1.82) is 0 Å². The molecule has 0 aromatic heterocycles. The van der Waals surface area contributed by atoms with E-state index in [0.717, 1.165) is 0 Å². The summed E-state index contributed by atoms with van der Waals surface area (Å²) in [6.07, 6.45) is 5.06. The Morgan fingerprint density at radius 2 is 2.23 bits per heavy atom. The summed E-state index contributed by atoms with van der Waals surface area (Å²) in [6.45, 7) is 2.29. The Kier molecular flexibility index (Phi) is 5.18.